The predicted octanol–water partition coefficient (Wildman–Crippen LogP) is 4.12. The van der Waals surface area contributed by atoms with Crippen molar-refractivity contribution in [3.8, 4) is 5.75 Å². The highest BCUT2D eigenvalue weighted by atomic mass is 35.5. The summed E-state index contributed by atoms with van der Waals surface area (Å²) in [4.78, 5) is 11.7. The van der Waals surface area contributed by atoms with Gasteiger partial charge < -0.3 is 10.1 Å². The zero-order chi connectivity index (χ0) is 15.8. The number of ether oxygens (including phenoxy) is 1. The van der Waals surface area contributed by atoms with Crippen LogP contribution in [0.25, 0.3) is 0 Å². The molecule has 116 valence electrons. The summed E-state index contributed by atoms with van der Waals surface area (Å²) in [6, 6.07) is 14.8. The molecule has 1 amide bonds. The van der Waals surface area contributed by atoms with Gasteiger partial charge in [-0.2, -0.15) is 0 Å². The van der Waals surface area contributed by atoms with E-state index < -0.39 is 0 Å². The Morgan fingerprint density at radius 1 is 1.00 bits per heavy atom. The lowest BCUT2D eigenvalue weighted by atomic mass is 10.1. The predicted molar refractivity (Wildman–Crippen MR) is 89.7 cm³/mol. The zero-order valence-electron chi connectivity index (χ0n) is 12.0. The monoisotopic (exact) mass is 337 g/mol. The first-order valence-electron chi connectivity index (χ1n) is 7.04. The number of benzene rings is 2. The fraction of sp³-hybridized carbons (Fsp3) is 0.235. The average Bonchev–Trinajstić information content (AvgIpc) is 2.52. The third kappa shape index (κ3) is 5.24. The quantitative estimate of drug-likeness (QED) is 0.771. The molecule has 5 heteroatoms. The first kappa shape index (κ1) is 16.7. The molecular formula is C17H17Cl2NO2. The highest BCUT2D eigenvalue weighted by Crippen LogP contribution is 2.22. The standard InChI is InChI=1S/C17H17Cl2NO2/c18-14-8-2-1-6-13(14)7-5-11-20-17(21)12-22-16-10-4-3-9-15(16)19/h1-4,6,8-10H,5,7,11-12H2,(H,20,21). The van der Waals surface area contributed by atoms with E-state index in [1.54, 1.807) is 12.1 Å². The van der Waals surface area contributed by atoms with Crippen molar-refractivity contribution >= 4 is 29.1 Å². The topological polar surface area (TPSA) is 38.3 Å². The summed E-state index contributed by atoms with van der Waals surface area (Å²) in [6.45, 7) is 0.533. The third-order valence-corrected chi connectivity index (χ3v) is 3.78. The molecule has 0 aliphatic carbocycles. The third-order valence-electron chi connectivity index (χ3n) is 3.10. The number of carbonyl (C=O) groups is 1. The molecule has 0 saturated carbocycles. The summed E-state index contributed by atoms with van der Waals surface area (Å²) in [5, 5.41) is 4.07. The molecule has 2 aromatic carbocycles. The van der Waals surface area contributed by atoms with Gasteiger partial charge in [-0.3, -0.25) is 4.79 Å². The Morgan fingerprint density at radius 3 is 2.41 bits per heavy atom. The van der Waals surface area contributed by atoms with Crippen LogP contribution in [0.1, 0.15) is 12.0 Å². The average molecular weight is 338 g/mol. The maximum Gasteiger partial charge on any atom is 0.257 e. The van der Waals surface area contributed by atoms with E-state index in [1.807, 2.05) is 36.4 Å². The second-order valence-electron chi connectivity index (χ2n) is 4.76. The van der Waals surface area contributed by atoms with Crippen LogP contribution in [0.5, 0.6) is 5.75 Å². The van der Waals surface area contributed by atoms with Crippen molar-refractivity contribution in [2.45, 2.75) is 12.8 Å². The van der Waals surface area contributed by atoms with Gasteiger partial charge in [0.1, 0.15) is 5.75 Å². The van der Waals surface area contributed by atoms with Gasteiger partial charge in [0.05, 0.1) is 5.02 Å². The fourth-order valence-electron chi connectivity index (χ4n) is 1.96. The summed E-state index contributed by atoms with van der Waals surface area (Å²) < 4.78 is 5.37. The van der Waals surface area contributed by atoms with Gasteiger partial charge in [0.15, 0.2) is 6.61 Å². The van der Waals surface area contributed by atoms with Crippen molar-refractivity contribution in [1.82, 2.24) is 5.32 Å². The van der Waals surface area contributed by atoms with Gasteiger partial charge in [-0.15, -0.1) is 0 Å². The minimum Gasteiger partial charge on any atom is -0.482 e. The molecule has 22 heavy (non-hydrogen) atoms. The molecule has 0 fully saturated rings. The van der Waals surface area contributed by atoms with Crippen molar-refractivity contribution in [3.05, 3.63) is 64.1 Å². The fourth-order valence-corrected chi connectivity index (χ4v) is 2.38. The Hall–Kier alpha value is -1.71. The van der Waals surface area contributed by atoms with E-state index in [0.717, 1.165) is 23.4 Å². The van der Waals surface area contributed by atoms with Crippen molar-refractivity contribution in [1.29, 1.82) is 0 Å². The van der Waals surface area contributed by atoms with Crippen LogP contribution in [0.4, 0.5) is 0 Å². The summed E-state index contributed by atoms with van der Waals surface area (Å²) in [6.07, 6.45) is 1.65. The molecule has 0 spiro atoms. The minimum absolute atomic E-state index is 0.0458. The number of hydrogen-bond donors (Lipinski definition) is 1. The number of hydrogen-bond acceptors (Lipinski definition) is 2. The number of carbonyl (C=O) groups excluding carboxylic acids is 1. The highest BCUT2D eigenvalue weighted by Gasteiger charge is 2.05. The van der Waals surface area contributed by atoms with Gasteiger partial charge >= 0.3 is 0 Å². The van der Waals surface area contributed by atoms with Gasteiger partial charge in [0, 0.05) is 11.6 Å². The van der Waals surface area contributed by atoms with E-state index in [2.05, 4.69) is 5.32 Å². The SMILES string of the molecule is O=C(COc1ccccc1Cl)NCCCc1ccccc1Cl. The molecule has 0 bridgehead atoms. The maximum absolute atomic E-state index is 11.7. The van der Waals surface area contributed by atoms with Crippen LogP contribution >= 0.6 is 23.2 Å². The second kappa shape index (κ2) is 8.66. The molecule has 0 aliphatic rings. The minimum atomic E-state index is -0.168. The number of aryl methyl sites for hydroxylation is 1. The van der Waals surface area contributed by atoms with Gasteiger partial charge in [0.2, 0.25) is 0 Å². The lowest BCUT2D eigenvalue weighted by Crippen LogP contribution is -2.29. The second-order valence-corrected chi connectivity index (χ2v) is 5.58. The molecule has 0 atom stereocenters. The van der Waals surface area contributed by atoms with Crippen LogP contribution in [-0.2, 0) is 11.2 Å². The molecule has 0 aliphatic heterocycles. The highest BCUT2D eigenvalue weighted by molar-refractivity contribution is 6.32. The van der Waals surface area contributed by atoms with E-state index in [1.165, 1.54) is 0 Å². The first-order valence-corrected chi connectivity index (χ1v) is 7.80. The van der Waals surface area contributed by atoms with Crippen LogP contribution < -0.4 is 10.1 Å². The molecule has 2 aromatic rings. The van der Waals surface area contributed by atoms with Crippen molar-refractivity contribution in [3.63, 3.8) is 0 Å². The first-order chi connectivity index (χ1) is 10.7. The molecule has 3 nitrogen and oxygen atoms in total. The van der Waals surface area contributed by atoms with Crippen LogP contribution in [0.15, 0.2) is 48.5 Å². The summed E-state index contributed by atoms with van der Waals surface area (Å²) in [5.41, 5.74) is 1.09. The van der Waals surface area contributed by atoms with Crippen LogP contribution in [0, 0.1) is 0 Å². The Labute approximate surface area is 140 Å². The molecule has 0 radical (unpaired) electrons. The number of amides is 1. The van der Waals surface area contributed by atoms with E-state index in [9.17, 15) is 4.79 Å². The van der Waals surface area contributed by atoms with E-state index >= 15 is 0 Å². The van der Waals surface area contributed by atoms with Crippen LogP contribution in [0.3, 0.4) is 0 Å². The molecular weight excluding hydrogens is 321 g/mol. The summed E-state index contributed by atoms with van der Waals surface area (Å²) >= 11 is 12.0. The Balaban J connectivity index is 1.66. The van der Waals surface area contributed by atoms with Crippen molar-refractivity contribution in [2.75, 3.05) is 13.2 Å². The van der Waals surface area contributed by atoms with Crippen molar-refractivity contribution < 1.29 is 9.53 Å². The number of nitrogens with one attached hydrogen (secondary N) is 1. The molecule has 2 rings (SSSR count). The Bertz CT molecular complexity index is 632. The summed E-state index contributed by atoms with van der Waals surface area (Å²) in [5.74, 6) is 0.342. The van der Waals surface area contributed by atoms with Crippen molar-refractivity contribution in [2.24, 2.45) is 0 Å². The van der Waals surface area contributed by atoms with E-state index in [-0.39, 0.29) is 12.5 Å². The van der Waals surface area contributed by atoms with E-state index in [4.69, 9.17) is 27.9 Å². The lowest BCUT2D eigenvalue weighted by Gasteiger charge is -2.09. The molecule has 1 N–H and O–H groups in total. The van der Waals surface area contributed by atoms with Gasteiger partial charge in [-0.1, -0.05) is 53.5 Å². The van der Waals surface area contributed by atoms with Crippen LogP contribution in [-0.4, -0.2) is 19.1 Å². The van der Waals surface area contributed by atoms with Gasteiger partial charge in [-0.05, 0) is 36.6 Å². The van der Waals surface area contributed by atoms with Crippen LogP contribution in [0.2, 0.25) is 10.0 Å². The normalized spacial score (nSPS) is 10.3. The van der Waals surface area contributed by atoms with Gasteiger partial charge in [0.25, 0.3) is 5.91 Å². The zero-order valence-corrected chi connectivity index (χ0v) is 13.5. The largest absolute Gasteiger partial charge is 0.482 e. The molecule has 0 aromatic heterocycles. The summed E-state index contributed by atoms with van der Waals surface area (Å²) in [7, 11) is 0. The molecule has 0 heterocycles. The maximum atomic E-state index is 11.7. The number of para-hydroxylation sites is 1. The Kier molecular flexibility index (Phi) is 6.56. The van der Waals surface area contributed by atoms with Gasteiger partial charge in [-0.25, -0.2) is 0 Å². The van der Waals surface area contributed by atoms with E-state index in [0.29, 0.717) is 17.3 Å². The smallest absolute Gasteiger partial charge is 0.257 e. The number of halogens is 2. The Morgan fingerprint density at radius 2 is 1.68 bits per heavy atom. The molecule has 0 saturated heterocycles. The number of rotatable bonds is 7. The molecule has 0 unspecified atom stereocenters. The lowest BCUT2D eigenvalue weighted by molar-refractivity contribution is -0.123.